The van der Waals surface area contributed by atoms with Gasteiger partial charge in [-0.1, -0.05) is 12.8 Å². The van der Waals surface area contributed by atoms with Gasteiger partial charge in [0.25, 0.3) is 5.56 Å². The molecule has 2 fully saturated rings. The highest BCUT2D eigenvalue weighted by molar-refractivity contribution is 7.93. The summed E-state index contributed by atoms with van der Waals surface area (Å²) >= 11 is 0. The molecule has 3 aromatic rings. The van der Waals surface area contributed by atoms with Gasteiger partial charge in [-0.2, -0.15) is 5.10 Å². The molecule has 1 spiro atoms. The SMILES string of the molecule is O=c1[nH]ccc2c1c(Nc1ccc3c(c1)CC1(CCCC1)S3(=O)=O)nn2CC1CC1. The Hall–Kier alpha value is -2.61. The molecule has 0 amide bonds. The zero-order chi connectivity index (χ0) is 20.5. The number of anilines is 2. The van der Waals surface area contributed by atoms with E-state index in [-0.39, 0.29) is 5.56 Å². The van der Waals surface area contributed by atoms with E-state index in [0.29, 0.717) is 28.4 Å². The summed E-state index contributed by atoms with van der Waals surface area (Å²) in [4.78, 5) is 15.7. The Kier molecular flexibility index (Phi) is 3.76. The molecule has 156 valence electrons. The molecule has 2 saturated carbocycles. The summed E-state index contributed by atoms with van der Waals surface area (Å²) in [7, 11) is -3.28. The third-order valence-electron chi connectivity index (χ3n) is 7.01. The molecule has 0 radical (unpaired) electrons. The molecule has 0 bridgehead atoms. The average molecular weight is 425 g/mol. The molecule has 7 nitrogen and oxygen atoms in total. The molecule has 2 N–H and O–H groups in total. The minimum Gasteiger partial charge on any atom is -0.338 e. The second kappa shape index (κ2) is 6.20. The molecule has 30 heavy (non-hydrogen) atoms. The van der Waals surface area contributed by atoms with Gasteiger partial charge in [0.1, 0.15) is 5.39 Å². The van der Waals surface area contributed by atoms with Crippen LogP contribution >= 0.6 is 0 Å². The molecule has 1 aliphatic heterocycles. The van der Waals surface area contributed by atoms with Crippen molar-refractivity contribution >= 4 is 32.2 Å². The average Bonchev–Trinajstić information content (AvgIpc) is 3.19. The zero-order valence-corrected chi connectivity index (χ0v) is 17.5. The van der Waals surface area contributed by atoms with Crippen LogP contribution in [0.2, 0.25) is 0 Å². The quantitative estimate of drug-likeness (QED) is 0.668. The number of pyridine rings is 1. The van der Waals surface area contributed by atoms with E-state index in [2.05, 4.69) is 15.4 Å². The van der Waals surface area contributed by atoms with Crippen LogP contribution in [0.3, 0.4) is 0 Å². The highest BCUT2D eigenvalue weighted by atomic mass is 32.2. The number of benzene rings is 1. The molecular formula is C22H24N4O3S. The molecule has 0 unspecified atom stereocenters. The van der Waals surface area contributed by atoms with Crippen LogP contribution in [0.5, 0.6) is 0 Å². The fraction of sp³-hybridized carbons (Fsp3) is 0.455. The van der Waals surface area contributed by atoms with E-state index in [9.17, 15) is 13.2 Å². The third-order valence-corrected chi connectivity index (χ3v) is 9.68. The molecule has 3 heterocycles. The second-order valence-corrected chi connectivity index (χ2v) is 11.4. The van der Waals surface area contributed by atoms with Crippen LogP contribution in [0.1, 0.15) is 44.1 Å². The van der Waals surface area contributed by atoms with Gasteiger partial charge in [-0.15, -0.1) is 0 Å². The Morgan fingerprint density at radius 2 is 2.00 bits per heavy atom. The summed E-state index contributed by atoms with van der Waals surface area (Å²) in [6.07, 6.45) is 8.09. The number of nitrogens with one attached hydrogen (secondary N) is 2. The Balaban J connectivity index is 1.39. The maximum atomic E-state index is 13.1. The van der Waals surface area contributed by atoms with Crippen molar-refractivity contribution in [3.8, 4) is 0 Å². The van der Waals surface area contributed by atoms with Crippen molar-refractivity contribution in [1.82, 2.24) is 14.8 Å². The Bertz CT molecular complexity index is 1330. The lowest BCUT2D eigenvalue weighted by Gasteiger charge is -2.20. The molecule has 2 aromatic heterocycles. The molecule has 0 atom stereocenters. The van der Waals surface area contributed by atoms with Gasteiger partial charge in [0, 0.05) is 18.4 Å². The first-order chi connectivity index (χ1) is 14.5. The van der Waals surface area contributed by atoms with Gasteiger partial charge < -0.3 is 10.3 Å². The standard InChI is InChI=1S/C22H24N4O3S/c27-21-19-17(7-10-23-21)26(13-14-3-4-14)25-20(19)24-16-5-6-18-15(11-16)12-22(30(18,28)29)8-1-2-9-22/h5-7,10-11,14H,1-4,8-9,12-13H2,(H,23,27)(H,24,25). The maximum absolute atomic E-state index is 13.1. The number of H-pyrrole nitrogens is 1. The Labute approximate surface area is 174 Å². The number of fused-ring (bicyclic) bond motifs is 2. The lowest BCUT2D eigenvalue weighted by Crippen LogP contribution is -2.32. The molecular weight excluding hydrogens is 400 g/mol. The summed E-state index contributed by atoms with van der Waals surface area (Å²) in [6.45, 7) is 0.812. The van der Waals surface area contributed by atoms with Crippen molar-refractivity contribution in [3.05, 3.63) is 46.4 Å². The van der Waals surface area contributed by atoms with Gasteiger partial charge in [-0.25, -0.2) is 8.42 Å². The lowest BCUT2D eigenvalue weighted by molar-refractivity contribution is 0.525. The highest BCUT2D eigenvalue weighted by Gasteiger charge is 2.52. The first kappa shape index (κ1) is 18.2. The van der Waals surface area contributed by atoms with Crippen molar-refractivity contribution in [2.75, 3.05) is 5.32 Å². The van der Waals surface area contributed by atoms with Crippen LogP contribution < -0.4 is 10.9 Å². The van der Waals surface area contributed by atoms with E-state index in [1.165, 1.54) is 12.8 Å². The summed E-state index contributed by atoms with van der Waals surface area (Å²) in [5.74, 6) is 1.15. The van der Waals surface area contributed by atoms with Gasteiger partial charge in [0.15, 0.2) is 15.7 Å². The lowest BCUT2D eigenvalue weighted by atomic mass is 9.97. The first-order valence-electron chi connectivity index (χ1n) is 10.7. The predicted octanol–water partition coefficient (Wildman–Crippen LogP) is 3.52. The number of aromatic nitrogens is 3. The number of nitrogens with zero attached hydrogens (tertiary/aromatic N) is 2. The van der Waals surface area contributed by atoms with E-state index >= 15 is 0 Å². The minimum atomic E-state index is -3.28. The summed E-state index contributed by atoms with van der Waals surface area (Å²) in [5, 5.41) is 8.52. The number of rotatable bonds is 4. The van der Waals surface area contributed by atoms with Gasteiger partial charge in [0.05, 0.1) is 15.2 Å². The van der Waals surface area contributed by atoms with E-state index < -0.39 is 14.6 Å². The van der Waals surface area contributed by atoms with Crippen molar-refractivity contribution in [2.24, 2.45) is 5.92 Å². The Morgan fingerprint density at radius 1 is 1.20 bits per heavy atom. The van der Waals surface area contributed by atoms with Crippen molar-refractivity contribution in [1.29, 1.82) is 0 Å². The second-order valence-electron chi connectivity index (χ2n) is 9.06. The van der Waals surface area contributed by atoms with Crippen LogP contribution in [-0.2, 0) is 22.8 Å². The van der Waals surface area contributed by atoms with E-state index in [4.69, 9.17) is 0 Å². The van der Waals surface area contributed by atoms with Gasteiger partial charge in [0.2, 0.25) is 0 Å². The van der Waals surface area contributed by atoms with Crippen LogP contribution in [0, 0.1) is 5.92 Å². The highest BCUT2D eigenvalue weighted by Crippen LogP contribution is 2.49. The number of hydrogen-bond donors (Lipinski definition) is 2. The molecule has 8 heteroatoms. The fourth-order valence-corrected chi connectivity index (χ4v) is 7.60. The summed E-state index contributed by atoms with van der Waals surface area (Å²) in [6, 6.07) is 7.31. The van der Waals surface area contributed by atoms with Crippen molar-refractivity contribution in [2.45, 2.75) is 61.1 Å². The smallest absolute Gasteiger partial charge is 0.261 e. The Morgan fingerprint density at radius 3 is 2.77 bits per heavy atom. The maximum Gasteiger partial charge on any atom is 0.261 e. The minimum absolute atomic E-state index is 0.175. The molecule has 1 aromatic carbocycles. The summed E-state index contributed by atoms with van der Waals surface area (Å²) < 4.78 is 27.6. The fourth-order valence-electron chi connectivity index (χ4n) is 5.24. The van der Waals surface area contributed by atoms with Gasteiger partial charge in [-0.05, 0) is 67.9 Å². The molecule has 2 aliphatic carbocycles. The first-order valence-corrected chi connectivity index (χ1v) is 12.2. The van der Waals surface area contributed by atoms with Gasteiger partial charge in [-0.3, -0.25) is 9.48 Å². The van der Waals surface area contributed by atoms with Crippen LogP contribution in [0.25, 0.3) is 10.9 Å². The van der Waals surface area contributed by atoms with Crippen LogP contribution in [0.15, 0.2) is 40.2 Å². The third kappa shape index (κ3) is 2.59. The van der Waals surface area contributed by atoms with E-state index in [0.717, 1.165) is 49.0 Å². The number of sulfone groups is 1. The predicted molar refractivity (Wildman–Crippen MR) is 115 cm³/mol. The van der Waals surface area contributed by atoms with Crippen molar-refractivity contribution < 1.29 is 8.42 Å². The van der Waals surface area contributed by atoms with E-state index in [1.807, 2.05) is 16.8 Å². The van der Waals surface area contributed by atoms with Gasteiger partial charge >= 0.3 is 0 Å². The van der Waals surface area contributed by atoms with Crippen LogP contribution in [-0.4, -0.2) is 27.9 Å². The molecule has 6 rings (SSSR count). The molecule has 3 aliphatic rings. The topological polar surface area (TPSA) is 96.8 Å². The largest absolute Gasteiger partial charge is 0.338 e. The normalized spacial score (nSPS) is 21.3. The zero-order valence-electron chi connectivity index (χ0n) is 16.6. The number of aromatic amines is 1. The molecule has 0 saturated heterocycles. The van der Waals surface area contributed by atoms with Crippen molar-refractivity contribution in [3.63, 3.8) is 0 Å². The monoisotopic (exact) mass is 424 g/mol. The number of hydrogen-bond acceptors (Lipinski definition) is 5. The summed E-state index contributed by atoms with van der Waals surface area (Å²) in [5.41, 5.74) is 2.28. The van der Waals surface area contributed by atoms with Crippen LogP contribution in [0.4, 0.5) is 11.5 Å². The van der Waals surface area contributed by atoms with E-state index in [1.54, 1.807) is 18.3 Å².